The maximum atomic E-state index is 5.87. The number of methoxy groups -OCH3 is 1. The summed E-state index contributed by atoms with van der Waals surface area (Å²) in [4.78, 5) is 0. The Bertz CT molecular complexity index is 361. The number of halogens is 1. The van der Waals surface area contributed by atoms with Gasteiger partial charge in [-0.3, -0.25) is 0 Å². The van der Waals surface area contributed by atoms with Gasteiger partial charge in [-0.15, -0.1) is 0 Å². The van der Waals surface area contributed by atoms with E-state index < -0.39 is 0 Å². The van der Waals surface area contributed by atoms with Crippen LogP contribution in [0.2, 0.25) is 0 Å². The SMILES string of the molecule is COCc1cccc(Br)c1C1(CN)CC1. The van der Waals surface area contributed by atoms with Crippen molar-refractivity contribution in [3.63, 3.8) is 0 Å². The van der Waals surface area contributed by atoms with Crippen molar-refractivity contribution in [1.82, 2.24) is 0 Å². The van der Waals surface area contributed by atoms with Crippen LogP contribution in [0.5, 0.6) is 0 Å². The zero-order valence-electron chi connectivity index (χ0n) is 8.92. The molecule has 1 aromatic rings. The Labute approximate surface area is 98.9 Å². The lowest BCUT2D eigenvalue weighted by molar-refractivity contribution is 0.183. The van der Waals surface area contributed by atoms with Gasteiger partial charge in [-0.2, -0.15) is 0 Å². The minimum absolute atomic E-state index is 0.216. The van der Waals surface area contributed by atoms with E-state index in [9.17, 15) is 0 Å². The summed E-state index contributed by atoms with van der Waals surface area (Å²) in [6.45, 7) is 1.39. The quantitative estimate of drug-likeness (QED) is 0.912. The summed E-state index contributed by atoms with van der Waals surface area (Å²) in [5.41, 5.74) is 8.70. The fraction of sp³-hybridized carbons (Fsp3) is 0.500. The first-order valence-corrected chi connectivity index (χ1v) is 6.00. The molecule has 0 radical (unpaired) electrons. The second kappa shape index (κ2) is 4.24. The summed E-state index contributed by atoms with van der Waals surface area (Å²) in [6.07, 6.45) is 2.39. The first-order valence-electron chi connectivity index (χ1n) is 5.20. The van der Waals surface area contributed by atoms with Crippen LogP contribution in [-0.4, -0.2) is 13.7 Å². The van der Waals surface area contributed by atoms with E-state index in [1.807, 2.05) is 0 Å². The van der Waals surface area contributed by atoms with E-state index in [0.29, 0.717) is 6.61 Å². The van der Waals surface area contributed by atoms with Gasteiger partial charge in [-0.1, -0.05) is 28.1 Å². The molecule has 1 aliphatic carbocycles. The lowest BCUT2D eigenvalue weighted by atomic mass is 9.91. The van der Waals surface area contributed by atoms with Gasteiger partial charge in [0.25, 0.3) is 0 Å². The normalized spacial score (nSPS) is 17.8. The molecule has 0 aliphatic heterocycles. The standard InChI is InChI=1S/C12H16BrNO/c1-15-7-9-3-2-4-10(13)11(9)12(8-14)5-6-12/h2-4H,5-8,14H2,1H3. The topological polar surface area (TPSA) is 35.2 Å². The molecule has 15 heavy (non-hydrogen) atoms. The Morgan fingerprint density at radius 2 is 2.20 bits per heavy atom. The second-order valence-electron chi connectivity index (χ2n) is 4.19. The molecule has 2 rings (SSSR count). The van der Waals surface area contributed by atoms with Crippen LogP contribution < -0.4 is 5.73 Å². The summed E-state index contributed by atoms with van der Waals surface area (Å²) in [6, 6.07) is 6.26. The summed E-state index contributed by atoms with van der Waals surface area (Å²) in [5, 5.41) is 0. The minimum atomic E-state index is 0.216. The van der Waals surface area contributed by atoms with E-state index in [4.69, 9.17) is 10.5 Å². The molecule has 0 aromatic heterocycles. The Kier molecular flexibility index (Phi) is 3.14. The Hall–Kier alpha value is -0.380. The molecule has 1 fully saturated rings. The molecular formula is C12H16BrNO. The molecule has 2 nitrogen and oxygen atoms in total. The highest BCUT2D eigenvalue weighted by Gasteiger charge is 2.45. The summed E-state index contributed by atoms with van der Waals surface area (Å²) < 4.78 is 6.40. The van der Waals surface area contributed by atoms with Crippen LogP contribution in [0, 0.1) is 0 Å². The lowest BCUT2D eigenvalue weighted by Gasteiger charge is -2.19. The van der Waals surface area contributed by atoms with Gasteiger partial charge in [-0.25, -0.2) is 0 Å². The minimum Gasteiger partial charge on any atom is -0.380 e. The van der Waals surface area contributed by atoms with E-state index in [1.54, 1.807) is 7.11 Å². The molecule has 0 bridgehead atoms. The van der Waals surface area contributed by atoms with Crippen molar-refractivity contribution in [3.05, 3.63) is 33.8 Å². The fourth-order valence-corrected chi connectivity index (χ4v) is 2.97. The van der Waals surface area contributed by atoms with Crippen LogP contribution in [0.1, 0.15) is 24.0 Å². The molecule has 0 spiro atoms. The van der Waals surface area contributed by atoms with Crippen molar-refractivity contribution in [1.29, 1.82) is 0 Å². The predicted octanol–water partition coefficient (Wildman–Crippen LogP) is 2.59. The van der Waals surface area contributed by atoms with Crippen molar-refractivity contribution in [3.8, 4) is 0 Å². The monoisotopic (exact) mass is 269 g/mol. The van der Waals surface area contributed by atoms with Crippen molar-refractivity contribution >= 4 is 15.9 Å². The Morgan fingerprint density at radius 1 is 1.47 bits per heavy atom. The van der Waals surface area contributed by atoms with Gasteiger partial charge in [0.15, 0.2) is 0 Å². The van der Waals surface area contributed by atoms with E-state index in [1.165, 1.54) is 28.4 Å². The largest absolute Gasteiger partial charge is 0.380 e. The average molecular weight is 270 g/mol. The van der Waals surface area contributed by atoms with Crippen LogP contribution >= 0.6 is 15.9 Å². The molecule has 0 atom stereocenters. The fourth-order valence-electron chi connectivity index (χ4n) is 2.15. The molecule has 0 unspecified atom stereocenters. The lowest BCUT2D eigenvalue weighted by Crippen LogP contribution is -2.22. The van der Waals surface area contributed by atoms with Crippen molar-refractivity contribution in [2.75, 3.05) is 13.7 Å². The van der Waals surface area contributed by atoms with Crippen molar-refractivity contribution in [2.24, 2.45) is 5.73 Å². The zero-order valence-corrected chi connectivity index (χ0v) is 10.5. The third kappa shape index (κ3) is 1.96. The maximum absolute atomic E-state index is 5.87. The van der Waals surface area contributed by atoms with Crippen LogP contribution in [0.4, 0.5) is 0 Å². The van der Waals surface area contributed by atoms with Crippen LogP contribution in [-0.2, 0) is 16.8 Å². The molecule has 1 aliphatic rings. The number of hydrogen-bond donors (Lipinski definition) is 1. The molecule has 0 heterocycles. The van der Waals surface area contributed by atoms with E-state index in [0.717, 1.165) is 6.54 Å². The number of hydrogen-bond acceptors (Lipinski definition) is 2. The smallest absolute Gasteiger partial charge is 0.0716 e. The van der Waals surface area contributed by atoms with Gasteiger partial charge in [0.2, 0.25) is 0 Å². The van der Waals surface area contributed by atoms with Crippen LogP contribution in [0.3, 0.4) is 0 Å². The van der Waals surface area contributed by atoms with E-state index >= 15 is 0 Å². The highest BCUT2D eigenvalue weighted by molar-refractivity contribution is 9.10. The van der Waals surface area contributed by atoms with E-state index in [2.05, 4.69) is 34.1 Å². The van der Waals surface area contributed by atoms with Crippen LogP contribution in [0.25, 0.3) is 0 Å². The summed E-state index contributed by atoms with van der Waals surface area (Å²) in [5.74, 6) is 0. The Balaban J connectivity index is 2.43. The number of rotatable bonds is 4. The summed E-state index contributed by atoms with van der Waals surface area (Å²) >= 11 is 3.62. The zero-order chi connectivity index (χ0) is 10.9. The highest BCUT2D eigenvalue weighted by atomic mass is 79.9. The molecular weight excluding hydrogens is 254 g/mol. The van der Waals surface area contributed by atoms with Crippen molar-refractivity contribution in [2.45, 2.75) is 24.9 Å². The predicted molar refractivity (Wildman–Crippen MR) is 64.8 cm³/mol. The molecule has 1 aromatic carbocycles. The third-order valence-electron chi connectivity index (χ3n) is 3.17. The van der Waals surface area contributed by atoms with Crippen molar-refractivity contribution < 1.29 is 4.74 Å². The average Bonchev–Trinajstić information content (AvgIpc) is 2.99. The highest BCUT2D eigenvalue weighted by Crippen LogP contribution is 2.50. The van der Waals surface area contributed by atoms with Crippen LogP contribution in [0.15, 0.2) is 22.7 Å². The number of benzene rings is 1. The first-order chi connectivity index (χ1) is 7.23. The molecule has 3 heteroatoms. The third-order valence-corrected chi connectivity index (χ3v) is 3.84. The van der Waals surface area contributed by atoms with Gasteiger partial charge in [0.1, 0.15) is 0 Å². The number of ether oxygens (including phenoxy) is 1. The first kappa shape index (κ1) is 11.1. The molecule has 2 N–H and O–H groups in total. The molecule has 82 valence electrons. The molecule has 0 saturated heterocycles. The van der Waals surface area contributed by atoms with Gasteiger partial charge in [-0.05, 0) is 30.0 Å². The van der Waals surface area contributed by atoms with E-state index in [-0.39, 0.29) is 5.41 Å². The van der Waals surface area contributed by atoms with Gasteiger partial charge in [0.05, 0.1) is 6.61 Å². The molecule has 1 saturated carbocycles. The van der Waals surface area contributed by atoms with Gasteiger partial charge < -0.3 is 10.5 Å². The van der Waals surface area contributed by atoms with Gasteiger partial charge >= 0.3 is 0 Å². The Morgan fingerprint density at radius 3 is 2.73 bits per heavy atom. The molecule has 0 amide bonds. The van der Waals surface area contributed by atoms with Gasteiger partial charge in [0, 0.05) is 23.5 Å². The number of nitrogens with two attached hydrogens (primary N) is 1. The summed E-state index contributed by atoms with van der Waals surface area (Å²) in [7, 11) is 1.73. The second-order valence-corrected chi connectivity index (χ2v) is 5.05. The maximum Gasteiger partial charge on any atom is 0.0716 e.